The minimum absolute atomic E-state index is 1.07. The largest absolute Gasteiger partial charge is 0.330 e. The molecule has 140 valence electrons. The molecule has 0 saturated carbocycles. The number of benzene rings is 2. The number of aryl methyl sites for hydroxylation is 2. The number of aromatic nitrogens is 2. The second-order valence-electron chi connectivity index (χ2n) is 5.69. The summed E-state index contributed by atoms with van der Waals surface area (Å²) in [7, 11) is 0. The standard InChI is InChI=1S/2C10H9N.H2O4S/c2*1-8-4-5-10-9(7-8)3-2-6-11-10;1-4-5(2)3/h2*2-7H,1H3;1H,(H,2,3). The summed E-state index contributed by atoms with van der Waals surface area (Å²) in [6.45, 7) is 4.18. The van der Waals surface area contributed by atoms with Crippen LogP contribution in [-0.4, -0.2) is 24.0 Å². The molecule has 4 aromatic rings. The average molecular weight is 384 g/mol. The van der Waals surface area contributed by atoms with Gasteiger partial charge in [-0.05, 0) is 50.2 Å². The minimum Gasteiger partial charge on any atom is -0.282 e. The van der Waals surface area contributed by atoms with Crippen LogP contribution in [0.4, 0.5) is 0 Å². The molecule has 0 saturated heterocycles. The number of hydrogen-bond acceptors (Lipinski definition) is 5. The van der Waals surface area contributed by atoms with Gasteiger partial charge < -0.3 is 0 Å². The van der Waals surface area contributed by atoms with Crippen LogP contribution >= 0.6 is 0 Å². The number of rotatable bonds is 1. The van der Waals surface area contributed by atoms with E-state index < -0.39 is 11.4 Å². The highest BCUT2D eigenvalue weighted by molar-refractivity contribution is 7.74. The van der Waals surface area contributed by atoms with Crippen LogP contribution in [0.25, 0.3) is 21.8 Å². The summed E-state index contributed by atoms with van der Waals surface area (Å²) in [6, 6.07) is 20.6. The van der Waals surface area contributed by atoms with Crippen molar-refractivity contribution >= 4 is 33.2 Å². The Balaban J connectivity index is 0.000000157. The molecule has 0 aliphatic rings. The van der Waals surface area contributed by atoms with Crippen molar-refractivity contribution in [1.82, 2.24) is 9.97 Å². The Morgan fingerprint density at radius 2 is 1.22 bits per heavy atom. The molecule has 6 nitrogen and oxygen atoms in total. The Hall–Kier alpha value is -2.71. The molecule has 0 fully saturated rings. The van der Waals surface area contributed by atoms with Gasteiger partial charge in [0.25, 0.3) is 0 Å². The summed E-state index contributed by atoms with van der Waals surface area (Å²) < 4.78 is 19.1. The highest BCUT2D eigenvalue weighted by Crippen LogP contribution is 2.12. The van der Waals surface area contributed by atoms with Crippen LogP contribution in [0.3, 0.4) is 0 Å². The first-order valence-corrected chi connectivity index (χ1v) is 9.08. The maximum Gasteiger partial charge on any atom is 0.330 e. The molecule has 0 amide bonds. The van der Waals surface area contributed by atoms with Gasteiger partial charge >= 0.3 is 11.4 Å². The van der Waals surface area contributed by atoms with Gasteiger partial charge in [-0.1, -0.05) is 35.4 Å². The quantitative estimate of drug-likeness (QED) is 0.281. The van der Waals surface area contributed by atoms with E-state index in [-0.39, 0.29) is 0 Å². The van der Waals surface area contributed by atoms with Gasteiger partial charge in [-0.25, -0.2) is 5.26 Å². The van der Waals surface area contributed by atoms with Gasteiger partial charge in [0.1, 0.15) is 0 Å². The van der Waals surface area contributed by atoms with Crippen LogP contribution in [-0.2, 0) is 15.7 Å². The van der Waals surface area contributed by atoms with E-state index in [1.54, 1.807) is 0 Å². The molecule has 2 heterocycles. The number of fused-ring (bicyclic) bond motifs is 2. The van der Waals surface area contributed by atoms with Crippen molar-refractivity contribution in [2.24, 2.45) is 0 Å². The second kappa shape index (κ2) is 10.4. The van der Waals surface area contributed by atoms with Crippen LogP contribution in [0.5, 0.6) is 0 Å². The molecule has 27 heavy (non-hydrogen) atoms. The first kappa shape index (κ1) is 20.6. The topological polar surface area (TPSA) is 92.5 Å². The lowest BCUT2D eigenvalue weighted by molar-refractivity contribution is -0.131. The molecule has 0 spiro atoms. The van der Waals surface area contributed by atoms with Crippen molar-refractivity contribution in [3.8, 4) is 0 Å². The van der Waals surface area contributed by atoms with E-state index in [9.17, 15) is 0 Å². The lowest BCUT2D eigenvalue weighted by Gasteiger charge is -1.95. The lowest BCUT2D eigenvalue weighted by atomic mass is 10.1. The third kappa shape index (κ3) is 6.84. The van der Waals surface area contributed by atoms with Gasteiger partial charge in [0.2, 0.25) is 0 Å². The fourth-order valence-electron chi connectivity index (χ4n) is 2.39. The molecule has 0 radical (unpaired) electrons. The van der Waals surface area contributed by atoms with E-state index >= 15 is 0 Å². The molecular formula is C20H20N2O4S. The van der Waals surface area contributed by atoms with Gasteiger partial charge in [-0.3, -0.25) is 14.5 Å². The van der Waals surface area contributed by atoms with Crippen molar-refractivity contribution in [3.05, 3.63) is 84.2 Å². The summed E-state index contributed by atoms with van der Waals surface area (Å²) >= 11 is -2.52. The molecule has 2 N–H and O–H groups in total. The average Bonchev–Trinajstić information content (AvgIpc) is 2.68. The smallest absolute Gasteiger partial charge is 0.282 e. The van der Waals surface area contributed by atoms with Gasteiger partial charge in [0.15, 0.2) is 0 Å². The van der Waals surface area contributed by atoms with Crippen LogP contribution in [0.2, 0.25) is 0 Å². The van der Waals surface area contributed by atoms with Crippen molar-refractivity contribution in [1.29, 1.82) is 0 Å². The summed E-state index contributed by atoms with van der Waals surface area (Å²) in [5.74, 6) is 0. The van der Waals surface area contributed by atoms with Crippen molar-refractivity contribution in [2.45, 2.75) is 13.8 Å². The van der Waals surface area contributed by atoms with Crippen LogP contribution < -0.4 is 0 Å². The monoisotopic (exact) mass is 384 g/mol. The van der Waals surface area contributed by atoms with Gasteiger partial charge in [0, 0.05) is 23.2 Å². The summed E-state index contributed by atoms with van der Waals surface area (Å²) in [4.78, 5) is 8.44. The minimum atomic E-state index is -2.52. The van der Waals surface area contributed by atoms with E-state index in [1.807, 2.05) is 36.7 Å². The van der Waals surface area contributed by atoms with Crippen molar-refractivity contribution in [3.63, 3.8) is 0 Å². The van der Waals surface area contributed by atoms with Gasteiger partial charge in [0.05, 0.1) is 11.0 Å². The maximum atomic E-state index is 9.01. The second-order valence-corrected chi connectivity index (χ2v) is 6.27. The zero-order valence-corrected chi connectivity index (χ0v) is 15.8. The first-order valence-electron chi connectivity index (χ1n) is 8.05. The molecule has 0 aliphatic carbocycles. The van der Waals surface area contributed by atoms with Crippen molar-refractivity contribution in [2.75, 3.05) is 0 Å². The predicted molar refractivity (Wildman–Crippen MR) is 107 cm³/mol. The Morgan fingerprint density at radius 3 is 1.59 bits per heavy atom. The highest BCUT2D eigenvalue weighted by Gasteiger charge is 1.91. The van der Waals surface area contributed by atoms with Crippen LogP contribution in [0.1, 0.15) is 11.1 Å². The SMILES string of the molecule is Cc1ccc2ncccc2c1.Cc1ccc2ncccc2c1.O=S(O)OO. The normalized spacial score (nSPS) is 11.1. The summed E-state index contributed by atoms with van der Waals surface area (Å²) in [5.41, 5.74) is 4.70. The Kier molecular flexibility index (Phi) is 7.97. The molecule has 2 aromatic carbocycles. The number of hydrogen-bond donors (Lipinski definition) is 2. The molecule has 0 aliphatic heterocycles. The van der Waals surface area contributed by atoms with E-state index in [1.165, 1.54) is 21.9 Å². The van der Waals surface area contributed by atoms with Gasteiger partial charge in [-0.15, -0.1) is 4.33 Å². The fourth-order valence-corrected chi connectivity index (χ4v) is 2.39. The third-order valence-electron chi connectivity index (χ3n) is 3.58. The third-order valence-corrected chi connectivity index (χ3v) is 3.71. The molecule has 1 unspecified atom stereocenters. The van der Waals surface area contributed by atoms with E-state index in [0.29, 0.717) is 0 Å². The molecule has 2 aromatic heterocycles. The Bertz CT molecular complexity index is 963. The first-order chi connectivity index (χ1) is 13.0. The predicted octanol–water partition coefficient (Wildman–Crippen LogP) is 4.70. The van der Waals surface area contributed by atoms with Gasteiger partial charge in [-0.2, -0.15) is 4.21 Å². The van der Waals surface area contributed by atoms with E-state index in [4.69, 9.17) is 14.0 Å². The van der Waals surface area contributed by atoms with Crippen LogP contribution in [0.15, 0.2) is 73.1 Å². The molecule has 0 bridgehead atoms. The van der Waals surface area contributed by atoms with Crippen molar-refractivity contribution < 1.29 is 18.4 Å². The molecule has 1 atom stereocenters. The summed E-state index contributed by atoms with van der Waals surface area (Å²) in [6.07, 6.45) is 3.63. The molecular weight excluding hydrogens is 364 g/mol. The Morgan fingerprint density at radius 1 is 0.815 bits per heavy atom. The fraction of sp³-hybridized carbons (Fsp3) is 0.100. The van der Waals surface area contributed by atoms with Crippen LogP contribution in [0, 0.1) is 13.8 Å². The number of nitrogens with zero attached hydrogens (tertiary/aromatic N) is 2. The molecule has 7 heteroatoms. The zero-order valence-electron chi connectivity index (χ0n) is 14.9. The van der Waals surface area contributed by atoms with E-state index in [0.717, 1.165) is 11.0 Å². The summed E-state index contributed by atoms with van der Waals surface area (Å²) in [5, 5.41) is 9.52. The highest BCUT2D eigenvalue weighted by atomic mass is 32.2. The van der Waals surface area contributed by atoms with E-state index in [2.05, 4.69) is 64.5 Å². The zero-order chi connectivity index (χ0) is 19.6. The Labute approximate surface area is 159 Å². The number of pyridine rings is 2. The maximum absolute atomic E-state index is 9.01. The molecule has 4 rings (SSSR count). The lowest BCUT2D eigenvalue weighted by Crippen LogP contribution is -1.85.